The number of likely N-dealkylation sites (tertiary alicyclic amines) is 1. The summed E-state index contributed by atoms with van der Waals surface area (Å²) in [5.74, 6) is 0. The van der Waals surface area contributed by atoms with E-state index >= 15 is 0 Å². The van der Waals surface area contributed by atoms with E-state index in [0.717, 1.165) is 32.1 Å². The molecule has 2 aliphatic heterocycles. The van der Waals surface area contributed by atoms with Gasteiger partial charge in [0.2, 0.25) is 0 Å². The van der Waals surface area contributed by atoms with Gasteiger partial charge >= 0.3 is 0 Å². The molecule has 2 fully saturated rings. The van der Waals surface area contributed by atoms with E-state index in [2.05, 4.69) is 32.4 Å². The molecule has 0 aliphatic carbocycles. The lowest BCUT2D eigenvalue weighted by atomic mass is 10.2. The van der Waals surface area contributed by atoms with Gasteiger partial charge in [0.25, 0.3) is 0 Å². The Bertz CT molecular complexity index is 400. The summed E-state index contributed by atoms with van der Waals surface area (Å²) in [6.07, 6.45) is 2.39. The maximum atomic E-state index is 4.68. The molecule has 19 heavy (non-hydrogen) atoms. The number of nitrogens with one attached hydrogen (secondary N) is 1. The largest absolute Gasteiger partial charge is 0.314 e. The second kappa shape index (κ2) is 6.31. The van der Waals surface area contributed by atoms with Crippen molar-refractivity contribution in [2.45, 2.75) is 32.4 Å². The highest BCUT2D eigenvalue weighted by Gasteiger charge is 2.28. The lowest BCUT2D eigenvalue weighted by Gasteiger charge is -2.32. The third kappa shape index (κ3) is 3.34. The van der Waals surface area contributed by atoms with Crippen LogP contribution < -0.4 is 5.32 Å². The molecule has 106 valence electrons. The zero-order chi connectivity index (χ0) is 13.1. The molecule has 1 atom stereocenters. The third-order valence-electron chi connectivity index (χ3n) is 4.20. The summed E-state index contributed by atoms with van der Waals surface area (Å²) in [6, 6.07) is 0.770. The summed E-state index contributed by atoms with van der Waals surface area (Å²) < 4.78 is 0. The van der Waals surface area contributed by atoms with E-state index in [0.29, 0.717) is 0 Å². The van der Waals surface area contributed by atoms with E-state index in [1.807, 2.05) is 0 Å². The fourth-order valence-corrected chi connectivity index (χ4v) is 3.85. The molecule has 1 aromatic heterocycles. The molecule has 3 rings (SSSR count). The van der Waals surface area contributed by atoms with E-state index in [1.54, 1.807) is 11.3 Å². The molecular weight excluding hydrogens is 256 g/mol. The topological polar surface area (TPSA) is 31.4 Å². The first-order valence-electron chi connectivity index (χ1n) is 7.45. The first kappa shape index (κ1) is 13.5. The van der Waals surface area contributed by atoms with Gasteiger partial charge in [0.15, 0.2) is 0 Å². The van der Waals surface area contributed by atoms with Gasteiger partial charge in [0.05, 0.1) is 10.7 Å². The summed E-state index contributed by atoms with van der Waals surface area (Å²) in [4.78, 5) is 9.92. The van der Waals surface area contributed by atoms with Crippen LogP contribution in [0.1, 0.15) is 24.0 Å². The number of rotatable bonds is 4. The van der Waals surface area contributed by atoms with Crippen molar-refractivity contribution in [2.24, 2.45) is 0 Å². The quantitative estimate of drug-likeness (QED) is 0.897. The molecule has 0 spiro atoms. The zero-order valence-corrected chi connectivity index (χ0v) is 12.6. The van der Waals surface area contributed by atoms with Crippen LogP contribution in [0.15, 0.2) is 5.38 Å². The minimum Gasteiger partial charge on any atom is -0.314 e. The number of nitrogens with zero attached hydrogens (tertiary/aromatic N) is 3. The average molecular weight is 280 g/mol. The molecule has 0 amide bonds. The molecule has 0 aromatic carbocycles. The highest BCUT2D eigenvalue weighted by atomic mass is 32.1. The van der Waals surface area contributed by atoms with E-state index in [9.17, 15) is 0 Å². The van der Waals surface area contributed by atoms with Crippen molar-refractivity contribution in [3.05, 3.63) is 16.1 Å². The predicted octanol–water partition coefficient (Wildman–Crippen LogP) is 1.18. The molecule has 1 N–H and O–H groups in total. The van der Waals surface area contributed by atoms with E-state index in [1.165, 1.54) is 43.3 Å². The fraction of sp³-hybridized carbons (Fsp3) is 0.786. The van der Waals surface area contributed by atoms with Gasteiger partial charge in [-0.25, -0.2) is 4.98 Å². The maximum Gasteiger partial charge on any atom is 0.0926 e. The second-order valence-corrected chi connectivity index (χ2v) is 6.49. The molecule has 3 heterocycles. The van der Waals surface area contributed by atoms with Crippen molar-refractivity contribution < 1.29 is 0 Å². The van der Waals surface area contributed by atoms with Gasteiger partial charge in [-0.3, -0.25) is 9.80 Å². The van der Waals surface area contributed by atoms with Gasteiger partial charge in [-0.05, 0) is 12.8 Å². The van der Waals surface area contributed by atoms with Gasteiger partial charge in [-0.2, -0.15) is 0 Å². The number of piperazine rings is 1. The van der Waals surface area contributed by atoms with Crippen molar-refractivity contribution in [1.29, 1.82) is 0 Å². The van der Waals surface area contributed by atoms with Crippen LogP contribution in [0.4, 0.5) is 0 Å². The maximum absolute atomic E-state index is 4.68. The highest BCUT2D eigenvalue weighted by molar-refractivity contribution is 7.09. The minimum absolute atomic E-state index is 0.770. The Morgan fingerprint density at radius 3 is 2.95 bits per heavy atom. The average Bonchev–Trinajstić information content (AvgIpc) is 3.09. The summed E-state index contributed by atoms with van der Waals surface area (Å²) in [5, 5.41) is 6.94. The van der Waals surface area contributed by atoms with E-state index < -0.39 is 0 Å². The van der Waals surface area contributed by atoms with Crippen molar-refractivity contribution in [3.8, 4) is 0 Å². The molecule has 2 saturated heterocycles. The van der Waals surface area contributed by atoms with Crippen LogP contribution in [0.5, 0.6) is 0 Å². The number of aromatic nitrogens is 1. The van der Waals surface area contributed by atoms with Gasteiger partial charge in [-0.1, -0.05) is 6.92 Å². The molecule has 4 nitrogen and oxygen atoms in total. The lowest BCUT2D eigenvalue weighted by molar-refractivity contribution is 0.170. The highest BCUT2D eigenvalue weighted by Crippen LogP contribution is 2.19. The van der Waals surface area contributed by atoms with Crippen LogP contribution in [0.3, 0.4) is 0 Å². The van der Waals surface area contributed by atoms with Crippen LogP contribution >= 0.6 is 11.3 Å². The Labute approximate surface area is 119 Å². The Hall–Kier alpha value is -0.490. The van der Waals surface area contributed by atoms with Crippen molar-refractivity contribution in [1.82, 2.24) is 20.1 Å². The van der Waals surface area contributed by atoms with Crippen molar-refractivity contribution in [3.63, 3.8) is 0 Å². The van der Waals surface area contributed by atoms with Crippen LogP contribution in [-0.4, -0.2) is 60.1 Å². The van der Waals surface area contributed by atoms with Gasteiger partial charge in [0, 0.05) is 57.2 Å². The number of thiazole rings is 1. The Morgan fingerprint density at radius 1 is 1.37 bits per heavy atom. The monoisotopic (exact) mass is 280 g/mol. The molecule has 0 saturated carbocycles. The molecular formula is C14H24N4S. The van der Waals surface area contributed by atoms with Gasteiger partial charge in [-0.15, -0.1) is 11.3 Å². The summed E-state index contributed by atoms with van der Waals surface area (Å²) >= 11 is 1.81. The molecule has 5 heteroatoms. The Balaban J connectivity index is 1.51. The minimum atomic E-state index is 0.770. The molecule has 1 aromatic rings. The third-order valence-corrected chi connectivity index (χ3v) is 5.24. The number of aryl methyl sites for hydroxylation is 1. The number of hydrogen-bond acceptors (Lipinski definition) is 5. The van der Waals surface area contributed by atoms with Crippen LogP contribution in [0, 0.1) is 0 Å². The molecule has 0 radical (unpaired) electrons. The summed E-state index contributed by atoms with van der Waals surface area (Å²) in [5.41, 5.74) is 1.27. The summed E-state index contributed by atoms with van der Waals surface area (Å²) in [7, 11) is 0. The number of hydrogen-bond donors (Lipinski definition) is 1. The van der Waals surface area contributed by atoms with E-state index in [4.69, 9.17) is 0 Å². The molecule has 1 unspecified atom stereocenters. The lowest BCUT2D eigenvalue weighted by Crippen LogP contribution is -2.49. The predicted molar refractivity (Wildman–Crippen MR) is 79.6 cm³/mol. The first-order chi connectivity index (χ1) is 9.35. The summed E-state index contributed by atoms with van der Waals surface area (Å²) in [6.45, 7) is 10.4. The zero-order valence-electron chi connectivity index (χ0n) is 11.8. The van der Waals surface area contributed by atoms with Gasteiger partial charge < -0.3 is 5.32 Å². The van der Waals surface area contributed by atoms with Crippen LogP contribution in [0.25, 0.3) is 0 Å². The first-order valence-corrected chi connectivity index (χ1v) is 8.33. The fourth-order valence-electron chi connectivity index (χ4n) is 3.11. The van der Waals surface area contributed by atoms with Crippen LogP contribution in [0.2, 0.25) is 0 Å². The van der Waals surface area contributed by atoms with Crippen molar-refractivity contribution >= 4 is 11.3 Å². The second-order valence-electron chi connectivity index (χ2n) is 5.55. The van der Waals surface area contributed by atoms with Crippen LogP contribution in [-0.2, 0) is 13.0 Å². The SMILES string of the molecule is CCc1nc(CN2CCC(N3CCNCC3)C2)cs1. The Kier molecular flexibility index (Phi) is 4.48. The van der Waals surface area contributed by atoms with Gasteiger partial charge in [0.1, 0.15) is 0 Å². The standard InChI is InChI=1S/C14H24N4S/c1-2-14-16-12(11-19-14)9-17-6-3-13(10-17)18-7-4-15-5-8-18/h11,13,15H,2-10H2,1H3. The van der Waals surface area contributed by atoms with Crippen molar-refractivity contribution in [2.75, 3.05) is 39.3 Å². The molecule has 0 bridgehead atoms. The molecule has 2 aliphatic rings. The smallest absolute Gasteiger partial charge is 0.0926 e. The van der Waals surface area contributed by atoms with E-state index in [-0.39, 0.29) is 0 Å². The Morgan fingerprint density at radius 2 is 2.21 bits per heavy atom. The normalized spacial score (nSPS) is 26.1.